The molecule has 2 rings (SSSR count). The van der Waals surface area contributed by atoms with Crippen LogP contribution >= 0.6 is 0 Å². The summed E-state index contributed by atoms with van der Waals surface area (Å²) in [5.41, 5.74) is 2.98. The van der Waals surface area contributed by atoms with Gasteiger partial charge in [0.25, 0.3) is 0 Å². The van der Waals surface area contributed by atoms with E-state index in [-0.39, 0.29) is 18.9 Å². The Labute approximate surface area is 106 Å². The Balaban J connectivity index is 1.93. The van der Waals surface area contributed by atoms with E-state index in [1.165, 1.54) is 0 Å². The number of alkyl halides is 1. The zero-order valence-electron chi connectivity index (χ0n) is 11.0. The maximum atomic E-state index is 13.0. The van der Waals surface area contributed by atoms with Crippen molar-refractivity contribution < 1.29 is 9.18 Å². The van der Waals surface area contributed by atoms with Gasteiger partial charge in [0, 0.05) is 37.8 Å². The highest BCUT2D eigenvalue weighted by Crippen LogP contribution is 2.13. The Morgan fingerprint density at radius 3 is 2.83 bits per heavy atom. The molecule has 100 valence electrons. The summed E-state index contributed by atoms with van der Waals surface area (Å²) in [6.07, 6.45) is -0.653. The van der Waals surface area contributed by atoms with Crippen LogP contribution in [-0.4, -0.2) is 34.4 Å². The molecule has 2 N–H and O–H groups in total. The summed E-state index contributed by atoms with van der Waals surface area (Å²) in [5.74, 6) is -0.141. The third-order valence-electron chi connectivity index (χ3n) is 3.49. The number of aromatic nitrogens is 2. The summed E-state index contributed by atoms with van der Waals surface area (Å²) in [6, 6.07) is -0.405. The Kier molecular flexibility index (Phi) is 3.65. The van der Waals surface area contributed by atoms with Crippen LogP contribution in [0.1, 0.15) is 23.4 Å². The van der Waals surface area contributed by atoms with Crippen LogP contribution in [0.2, 0.25) is 0 Å². The molecule has 0 aliphatic carbocycles. The number of carbonyl (C=O) groups excluding carboxylic acids is 1. The van der Waals surface area contributed by atoms with Crippen LogP contribution in [0.3, 0.4) is 0 Å². The SMILES string of the molecule is Cc1nn(C)c(C)c1CNC(=O)[C@H]1C[C@H](F)CN1. The van der Waals surface area contributed by atoms with Crippen LogP contribution in [0, 0.1) is 13.8 Å². The lowest BCUT2D eigenvalue weighted by Gasteiger charge is -2.11. The van der Waals surface area contributed by atoms with Crippen molar-refractivity contribution in [2.45, 2.75) is 39.0 Å². The van der Waals surface area contributed by atoms with E-state index in [1.54, 1.807) is 4.68 Å². The van der Waals surface area contributed by atoms with E-state index in [4.69, 9.17) is 0 Å². The third kappa shape index (κ3) is 2.53. The van der Waals surface area contributed by atoms with E-state index >= 15 is 0 Å². The molecule has 0 radical (unpaired) electrons. The van der Waals surface area contributed by atoms with Gasteiger partial charge in [-0.25, -0.2) is 4.39 Å². The summed E-state index contributed by atoms with van der Waals surface area (Å²) in [7, 11) is 1.87. The van der Waals surface area contributed by atoms with Crippen molar-refractivity contribution in [2.24, 2.45) is 7.05 Å². The summed E-state index contributed by atoms with van der Waals surface area (Å²) in [5, 5.41) is 9.99. The third-order valence-corrected chi connectivity index (χ3v) is 3.49. The summed E-state index contributed by atoms with van der Waals surface area (Å²) in [6.45, 7) is 4.59. The van der Waals surface area contributed by atoms with Gasteiger partial charge in [-0.05, 0) is 13.8 Å². The number of halogens is 1. The molecule has 5 nitrogen and oxygen atoms in total. The molecule has 18 heavy (non-hydrogen) atoms. The Morgan fingerprint density at radius 1 is 1.61 bits per heavy atom. The number of rotatable bonds is 3. The van der Waals surface area contributed by atoms with Crippen molar-refractivity contribution in [3.63, 3.8) is 0 Å². The first-order chi connectivity index (χ1) is 8.49. The Bertz CT molecular complexity index is 457. The summed E-state index contributed by atoms with van der Waals surface area (Å²) in [4.78, 5) is 11.8. The Hall–Kier alpha value is -1.43. The molecule has 1 aliphatic rings. The number of hydrogen-bond donors (Lipinski definition) is 2. The smallest absolute Gasteiger partial charge is 0.237 e. The molecule has 0 bridgehead atoms. The fraction of sp³-hybridized carbons (Fsp3) is 0.667. The molecule has 1 aliphatic heterocycles. The van der Waals surface area contributed by atoms with E-state index in [2.05, 4.69) is 15.7 Å². The molecule has 1 aromatic heterocycles. The topological polar surface area (TPSA) is 59.0 Å². The molecule has 0 saturated carbocycles. The van der Waals surface area contributed by atoms with Gasteiger partial charge < -0.3 is 10.6 Å². The van der Waals surface area contributed by atoms with Gasteiger partial charge in [-0.15, -0.1) is 0 Å². The fourth-order valence-electron chi connectivity index (χ4n) is 2.26. The lowest BCUT2D eigenvalue weighted by atomic mass is 10.1. The number of carbonyl (C=O) groups is 1. The van der Waals surface area contributed by atoms with Crippen LogP contribution in [0.15, 0.2) is 0 Å². The standard InChI is InChI=1S/C12H19FN4O/c1-7-10(8(2)17(3)16-7)6-15-12(18)11-4-9(13)5-14-11/h9,11,14H,4-6H2,1-3H3,(H,15,18)/t9-,11+/m0/s1. The van der Waals surface area contributed by atoms with Gasteiger partial charge in [0.05, 0.1) is 11.7 Å². The van der Waals surface area contributed by atoms with Gasteiger partial charge in [0.2, 0.25) is 5.91 Å². The molecule has 2 heterocycles. The fourth-order valence-corrected chi connectivity index (χ4v) is 2.26. The van der Waals surface area contributed by atoms with Gasteiger partial charge in [0.1, 0.15) is 6.17 Å². The van der Waals surface area contributed by atoms with Gasteiger partial charge in [-0.1, -0.05) is 0 Å². The van der Waals surface area contributed by atoms with Crippen molar-refractivity contribution in [2.75, 3.05) is 6.54 Å². The van der Waals surface area contributed by atoms with E-state index < -0.39 is 12.2 Å². The summed E-state index contributed by atoms with van der Waals surface area (Å²) >= 11 is 0. The minimum Gasteiger partial charge on any atom is -0.351 e. The lowest BCUT2D eigenvalue weighted by Crippen LogP contribution is -2.40. The highest BCUT2D eigenvalue weighted by Gasteiger charge is 2.29. The molecule has 0 unspecified atom stereocenters. The van der Waals surface area contributed by atoms with E-state index in [0.717, 1.165) is 17.0 Å². The van der Waals surface area contributed by atoms with E-state index in [0.29, 0.717) is 6.54 Å². The predicted molar refractivity (Wildman–Crippen MR) is 65.8 cm³/mol. The van der Waals surface area contributed by atoms with Gasteiger partial charge in [-0.2, -0.15) is 5.10 Å². The van der Waals surface area contributed by atoms with Crippen molar-refractivity contribution >= 4 is 5.91 Å². The maximum Gasteiger partial charge on any atom is 0.237 e. The molecule has 1 saturated heterocycles. The van der Waals surface area contributed by atoms with Gasteiger partial charge in [0.15, 0.2) is 0 Å². The van der Waals surface area contributed by atoms with Crippen LogP contribution in [0.5, 0.6) is 0 Å². The average Bonchev–Trinajstić information content (AvgIpc) is 2.83. The lowest BCUT2D eigenvalue weighted by molar-refractivity contribution is -0.123. The van der Waals surface area contributed by atoms with Crippen LogP contribution < -0.4 is 10.6 Å². The number of amides is 1. The molecule has 1 fully saturated rings. The first-order valence-electron chi connectivity index (χ1n) is 6.13. The van der Waals surface area contributed by atoms with E-state index in [9.17, 15) is 9.18 Å². The number of nitrogens with one attached hydrogen (secondary N) is 2. The Morgan fingerprint density at radius 2 is 2.33 bits per heavy atom. The molecule has 0 spiro atoms. The maximum absolute atomic E-state index is 13.0. The zero-order chi connectivity index (χ0) is 13.3. The van der Waals surface area contributed by atoms with Crippen molar-refractivity contribution in [3.8, 4) is 0 Å². The van der Waals surface area contributed by atoms with Gasteiger partial charge in [-0.3, -0.25) is 9.48 Å². The number of nitrogens with zero attached hydrogens (tertiary/aromatic N) is 2. The number of hydrogen-bond acceptors (Lipinski definition) is 3. The predicted octanol–water partition coefficient (Wildman–Crippen LogP) is 0.353. The second kappa shape index (κ2) is 5.06. The van der Waals surface area contributed by atoms with Crippen LogP contribution in [0.4, 0.5) is 4.39 Å². The first-order valence-corrected chi connectivity index (χ1v) is 6.13. The second-order valence-corrected chi connectivity index (χ2v) is 4.78. The molecule has 6 heteroatoms. The first kappa shape index (κ1) is 13.0. The molecule has 0 aromatic carbocycles. The number of aryl methyl sites for hydroxylation is 2. The zero-order valence-corrected chi connectivity index (χ0v) is 11.0. The minimum atomic E-state index is -0.914. The second-order valence-electron chi connectivity index (χ2n) is 4.78. The monoisotopic (exact) mass is 254 g/mol. The largest absolute Gasteiger partial charge is 0.351 e. The van der Waals surface area contributed by atoms with Crippen LogP contribution in [0.25, 0.3) is 0 Å². The molecule has 1 aromatic rings. The van der Waals surface area contributed by atoms with Crippen molar-refractivity contribution in [3.05, 3.63) is 17.0 Å². The van der Waals surface area contributed by atoms with E-state index in [1.807, 2.05) is 20.9 Å². The quantitative estimate of drug-likeness (QED) is 0.818. The normalized spacial score (nSPS) is 23.3. The van der Waals surface area contributed by atoms with Gasteiger partial charge >= 0.3 is 0 Å². The molecule has 1 amide bonds. The highest BCUT2D eigenvalue weighted by atomic mass is 19.1. The average molecular weight is 254 g/mol. The molecular weight excluding hydrogens is 235 g/mol. The minimum absolute atomic E-state index is 0.141. The van der Waals surface area contributed by atoms with Crippen molar-refractivity contribution in [1.82, 2.24) is 20.4 Å². The molecule has 2 atom stereocenters. The molecular formula is C12H19FN4O. The van der Waals surface area contributed by atoms with Crippen molar-refractivity contribution in [1.29, 1.82) is 0 Å². The summed E-state index contributed by atoms with van der Waals surface area (Å²) < 4.78 is 14.8. The van der Waals surface area contributed by atoms with Crippen LogP contribution in [-0.2, 0) is 18.4 Å². The highest BCUT2D eigenvalue weighted by molar-refractivity contribution is 5.82.